The molecule has 0 aliphatic carbocycles. The highest BCUT2D eigenvalue weighted by atomic mass is 35.5. The molecule has 0 unspecified atom stereocenters. The van der Waals surface area contributed by atoms with Gasteiger partial charge in [0.15, 0.2) is 0 Å². The molecule has 0 saturated heterocycles. The number of thioether (sulfide) groups is 1. The van der Waals surface area contributed by atoms with Crippen LogP contribution in [0.2, 0.25) is 5.02 Å². The molecule has 0 saturated carbocycles. The molecule has 1 aliphatic rings. The third-order valence-corrected chi connectivity index (χ3v) is 4.60. The van der Waals surface area contributed by atoms with E-state index in [1.54, 1.807) is 4.91 Å². The molecular formula is C14H18ClNS. The van der Waals surface area contributed by atoms with Crippen molar-refractivity contribution in [2.24, 2.45) is 0 Å². The molecule has 1 nitrogen and oxygen atoms in total. The SMILES string of the molecule is CSC1=C(C)CN(Cc2ccccc2Cl)CC1. The minimum absolute atomic E-state index is 0.879. The van der Waals surface area contributed by atoms with E-state index in [0.29, 0.717) is 0 Å². The second-order valence-corrected chi connectivity index (χ2v) is 5.77. The molecule has 0 bridgehead atoms. The van der Waals surface area contributed by atoms with Crippen molar-refractivity contribution in [2.45, 2.75) is 19.9 Å². The monoisotopic (exact) mass is 267 g/mol. The quantitative estimate of drug-likeness (QED) is 0.808. The molecule has 0 N–H and O–H groups in total. The van der Waals surface area contributed by atoms with E-state index < -0.39 is 0 Å². The van der Waals surface area contributed by atoms with Crippen molar-refractivity contribution in [3.63, 3.8) is 0 Å². The van der Waals surface area contributed by atoms with Crippen molar-refractivity contribution < 1.29 is 0 Å². The van der Waals surface area contributed by atoms with Gasteiger partial charge in [-0.15, -0.1) is 11.8 Å². The number of rotatable bonds is 3. The molecule has 3 heteroatoms. The first-order valence-corrected chi connectivity index (χ1v) is 7.49. The normalized spacial score (nSPS) is 17.6. The Balaban J connectivity index is 2.03. The Morgan fingerprint density at radius 2 is 2.12 bits per heavy atom. The summed E-state index contributed by atoms with van der Waals surface area (Å²) in [5, 5.41) is 0.879. The van der Waals surface area contributed by atoms with Gasteiger partial charge in [-0.05, 0) is 41.7 Å². The average molecular weight is 268 g/mol. The molecule has 1 aromatic carbocycles. The maximum absolute atomic E-state index is 6.19. The summed E-state index contributed by atoms with van der Waals surface area (Å²) < 4.78 is 0. The van der Waals surface area contributed by atoms with E-state index in [1.807, 2.05) is 23.9 Å². The number of benzene rings is 1. The molecule has 1 aromatic rings. The van der Waals surface area contributed by atoms with E-state index in [0.717, 1.165) is 24.7 Å². The Bertz CT molecular complexity index is 428. The van der Waals surface area contributed by atoms with Crippen molar-refractivity contribution in [1.29, 1.82) is 0 Å². The first-order chi connectivity index (χ1) is 8.20. The minimum Gasteiger partial charge on any atom is -0.295 e. The van der Waals surface area contributed by atoms with E-state index in [1.165, 1.54) is 17.6 Å². The smallest absolute Gasteiger partial charge is 0.0451 e. The topological polar surface area (TPSA) is 3.24 Å². The highest BCUT2D eigenvalue weighted by molar-refractivity contribution is 8.02. The van der Waals surface area contributed by atoms with Gasteiger partial charge in [-0.1, -0.05) is 29.8 Å². The van der Waals surface area contributed by atoms with Gasteiger partial charge in [0.05, 0.1) is 0 Å². The Labute approximate surface area is 113 Å². The second kappa shape index (κ2) is 5.94. The molecule has 17 heavy (non-hydrogen) atoms. The maximum atomic E-state index is 6.19. The average Bonchev–Trinajstić information content (AvgIpc) is 2.32. The van der Waals surface area contributed by atoms with E-state index in [-0.39, 0.29) is 0 Å². The lowest BCUT2D eigenvalue weighted by atomic mass is 10.1. The largest absolute Gasteiger partial charge is 0.295 e. The van der Waals surface area contributed by atoms with E-state index >= 15 is 0 Å². The fourth-order valence-electron chi connectivity index (χ4n) is 2.25. The van der Waals surface area contributed by atoms with Crippen molar-refractivity contribution in [2.75, 3.05) is 19.3 Å². The van der Waals surface area contributed by atoms with Gasteiger partial charge in [0, 0.05) is 24.7 Å². The third kappa shape index (κ3) is 3.27. The van der Waals surface area contributed by atoms with Crippen molar-refractivity contribution in [3.8, 4) is 0 Å². The summed E-state index contributed by atoms with van der Waals surface area (Å²) >= 11 is 8.09. The number of hydrogen-bond donors (Lipinski definition) is 0. The first kappa shape index (κ1) is 13.0. The van der Waals surface area contributed by atoms with Crippen LogP contribution in [0.25, 0.3) is 0 Å². The summed E-state index contributed by atoms with van der Waals surface area (Å²) in [6.07, 6.45) is 3.35. The standard InChI is InChI=1S/C14H18ClNS/c1-11-9-16(8-7-14(11)17-2)10-12-5-3-4-6-13(12)15/h3-6H,7-10H2,1-2H3. The number of hydrogen-bond acceptors (Lipinski definition) is 2. The molecule has 0 fully saturated rings. The lowest BCUT2D eigenvalue weighted by Crippen LogP contribution is -2.30. The molecule has 1 heterocycles. The van der Waals surface area contributed by atoms with Gasteiger partial charge in [0.1, 0.15) is 0 Å². The highest BCUT2D eigenvalue weighted by Crippen LogP contribution is 2.27. The maximum Gasteiger partial charge on any atom is 0.0451 e. The predicted molar refractivity (Wildman–Crippen MR) is 77.6 cm³/mol. The van der Waals surface area contributed by atoms with E-state index in [2.05, 4.69) is 30.2 Å². The molecule has 1 aliphatic heterocycles. The number of halogens is 1. The van der Waals surface area contributed by atoms with Crippen LogP contribution in [0, 0.1) is 0 Å². The predicted octanol–water partition coefficient (Wildman–Crippen LogP) is 4.18. The van der Waals surface area contributed by atoms with Crippen LogP contribution in [0.5, 0.6) is 0 Å². The summed E-state index contributed by atoms with van der Waals surface area (Å²) in [5.74, 6) is 0. The van der Waals surface area contributed by atoms with Gasteiger partial charge in [-0.3, -0.25) is 4.90 Å². The summed E-state index contributed by atoms with van der Waals surface area (Å²) in [7, 11) is 0. The zero-order chi connectivity index (χ0) is 12.3. The van der Waals surface area contributed by atoms with Crippen LogP contribution in [-0.4, -0.2) is 24.2 Å². The number of nitrogens with zero attached hydrogens (tertiary/aromatic N) is 1. The molecular weight excluding hydrogens is 250 g/mol. The highest BCUT2D eigenvalue weighted by Gasteiger charge is 2.16. The van der Waals surface area contributed by atoms with Crippen LogP contribution in [0.1, 0.15) is 18.9 Å². The molecule has 0 atom stereocenters. The van der Waals surface area contributed by atoms with Gasteiger partial charge >= 0.3 is 0 Å². The Morgan fingerprint density at radius 1 is 1.35 bits per heavy atom. The summed E-state index contributed by atoms with van der Waals surface area (Å²) in [4.78, 5) is 4.02. The zero-order valence-electron chi connectivity index (χ0n) is 10.4. The van der Waals surface area contributed by atoms with Crippen molar-refractivity contribution in [1.82, 2.24) is 4.90 Å². The van der Waals surface area contributed by atoms with Crippen LogP contribution >= 0.6 is 23.4 Å². The van der Waals surface area contributed by atoms with E-state index in [4.69, 9.17) is 11.6 Å². The minimum atomic E-state index is 0.879. The van der Waals surface area contributed by atoms with Crippen LogP contribution in [0.15, 0.2) is 34.7 Å². The summed E-state index contributed by atoms with van der Waals surface area (Å²) in [6.45, 7) is 5.41. The fourth-order valence-corrected chi connectivity index (χ4v) is 3.16. The van der Waals surface area contributed by atoms with Crippen molar-refractivity contribution >= 4 is 23.4 Å². The Morgan fingerprint density at radius 3 is 2.76 bits per heavy atom. The molecule has 92 valence electrons. The molecule has 0 spiro atoms. The molecule has 0 aromatic heterocycles. The lowest BCUT2D eigenvalue weighted by Gasteiger charge is -2.29. The lowest BCUT2D eigenvalue weighted by molar-refractivity contribution is 0.281. The summed E-state index contributed by atoms with van der Waals surface area (Å²) in [5.41, 5.74) is 2.74. The van der Waals surface area contributed by atoms with Crippen LogP contribution < -0.4 is 0 Å². The van der Waals surface area contributed by atoms with Gasteiger partial charge in [0.2, 0.25) is 0 Å². The van der Waals surface area contributed by atoms with Gasteiger partial charge in [-0.2, -0.15) is 0 Å². The van der Waals surface area contributed by atoms with Gasteiger partial charge in [0.25, 0.3) is 0 Å². The first-order valence-electron chi connectivity index (χ1n) is 5.89. The zero-order valence-corrected chi connectivity index (χ0v) is 11.9. The van der Waals surface area contributed by atoms with E-state index in [9.17, 15) is 0 Å². The summed E-state index contributed by atoms with van der Waals surface area (Å²) in [6, 6.07) is 8.13. The molecule has 0 amide bonds. The third-order valence-electron chi connectivity index (χ3n) is 3.19. The molecule has 2 rings (SSSR count). The van der Waals surface area contributed by atoms with Crippen LogP contribution in [0.4, 0.5) is 0 Å². The fraction of sp³-hybridized carbons (Fsp3) is 0.429. The van der Waals surface area contributed by atoms with Gasteiger partial charge < -0.3 is 0 Å². The Kier molecular flexibility index (Phi) is 4.55. The van der Waals surface area contributed by atoms with Crippen LogP contribution in [0.3, 0.4) is 0 Å². The van der Waals surface area contributed by atoms with Crippen molar-refractivity contribution in [3.05, 3.63) is 45.3 Å². The van der Waals surface area contributed by atoms with Gasteiger partial charge in [-0.25, -0.2) is 0 Å². The molecule has 0 radical (unpaired) electrons. The van der Waals surface area contributed by atoms with Crippen LogP contribution in [-0.2, 0) is 6.54 Å². The second-order valence-electron chi connectivity index (χ2n) is 4.46. The Hall–Kier alpha value is -0.440.